The molecular formula is C13H26N4O2Si. The van der Waals surface area contributed by atoms with E-state index in [1.165, 1.54) is 0 Å². The molecule has 0 spiro atoms. The van der Waals surface area contributed by atoms with Crippen molar-refractivity contribution in [3.05, 3.63) is 18.2 Å². The van der Waals surface area contributed by atoms with E-state index in [4.69, 9.17) is 10.5 Å². The van der Waals surface area contributed by atoms with Crippen LogP contribution < -0.4 is 11.1 Å². The molecule has 114 valence electrons. The Hall–Kier alpha value is -1.34. The van der Waals surface area contributed by atoms with Crippen molar-refractivity contribution in [3.8, 4) is 0 Å². The van der Waals surface area contributed by atoms with Crippen molar-refractivity contribution >= 4 is 14.2 Å². The topological polar surface area (TPSA) is 82.2 Å². The fourth-order valence-electron chi connectivity index (χ4n) is 1.60. The van der Waals surface area contributed by atoms with Crippen LogP contribution in [-0.4, -0.2) is 43.4 Å². The molecule has 0 atom stereocenters. The van der Waals surface area contributed by atoms with E-state index in [2.05, 4.69) is 29.9 Å². The molecule has 20 heavy (non-hydrogen) atoms. The van der Waals surface area contributed by atoms with Gasteiger partial charge in [0, 0.05) is 40.3 Å². The number of carbonyl (C=O) groups excluding carboxylic acids is 1. The molecule has 1 aromatic rings. The zero-order valence-electron chi connectivity index (χ0n) is 12.7. The van der Waals surface area contributed by atoms with Gasteiger partial charge in [-0.3, -0.25) is 0 Å². The first-order valence-corrected chi connectivity index (χ1v) is 10.7. The molecule has 6 nitrogen and oxygen atoms in total. The molecule has 0 aliphatic heterocycles. The van der Waals surface area contributed by atoms with E-state index in [0.717, 1.165) is 18.3 Å². The highest BCUT2D eigenvalue weighted by molar-refractivity contribution is 6.76. The number of hydrogen-bond acceptors (Lipinski definition) is 4. The summed E-state index contributed by atoms with van der Waals surface area (Å²) in [5.41, 5.74) is 6.41. The van der Waals surface area contributed by atoms with Gasteiger partial charge in [-0.2, -0.15) is 0 Å². The number of alkyl carbamates (subject to hydrolysis) is 1. The number of amides is 1. The largest absolute Gasteiger partial charge is 0.450 e. The van der Waals surface area contributed by atoms with E-state index in [1.807, 2.05) is 10.8 Å². The number of imidazole rings is 1. The summed E-state index contributed by atoms with van der Waals surface area (Å²) in [6, 6.07) is 0.990. The zero-order valence-corrected chi connectivity index (χ0v) is 13.7. The molecule has 0 saturated carbocycles. The van der Waals surface area contributed by atoms with Gasteiger partial charge in [0.1, 0.15) is 0 Å². The molecule has 0 bridgehead atoms. The van der Waals surface area contributed by atoms with E-state index in [-0.39, 0.29) is 6.09 Å². The first kappa shape index (κ1) is 16.7. The van der Waals surface area contributed by atoms with Crippen LogP contribution in [0.1, 0.15) is 5.69 Å². The summed E-state index contributed by atoms with van der Waals surface area (Å²) >= 11 is 0. The maximum atomic E-state index is 11.5. The molecule has 0 fully saturated rings. The predicted octanol–water partition coefficient (Wildman–Crippen LogP) is 1.45. The minimum absolute atomic E-state index is 0.343. The normalized spacial score (nSPS) is 11.4. The van der Waals surface area contributed by atoms with Gasteiger partial charge in [0.25, 0.3) is 0 Å². The van der Waals surface area contributed by atoms with Gasteiger partial charge in [-0.05, 0) is 6.04 Å². The fourth-order valence-corrected chi connectivity index (χ4v) is 2.31. The van der Waals surface area contributed by atoms with E-state index >= 15 is 0 Å². The minimum Gasteiger partial charge on any atom is -0.450 e. The Kier molecular flexibility index (Phi) is 6.73. The Morgan fingerprint density at radius 1 is 1.50 bits per heavy atom. The van der Waals surface area contributed by atoms with Crippen LogP contribution in [0.25, 0.3) is 0 Å². The molecule has 0 unspecified atom stereocenters. The zero-order chi connectivity index (χ0) is 15.0. The van der Waals surface area contributed by atoms with Crippen molar-refractivity contribution in [1.29, 1.82) is 0 Å². The smallest absolute Gasteiger partial charge is 0.407 e. The Balaban J connectivity index is 2.15. The first-order valence-electron chi connectivity index (χ1n) is 7.02. The van der Waals surface area contributed by atoms with Gasteiger partial charge < -0.3 is 20.4 Å². The highest BCUT2D eigenvalue weighted by atomic mass is 28.3. The summed E-state index contributed by atoms with van der Waals surface area (Å²) in [7, 11) is -1.14. The van der Waals surface area contributed by atoms with Gasteiger partial charge in [-0.15, -0.1) is 0 Å². The number of nitrogens with one attached hydrogen (secondary N) is 1. The SMILES string of the molecule is C[Si](C)(C)CCOC(=O)NCCc1cn(CCN)cn1. The maximum Gasteiger partial charge on any atom is 0.407 e. The van der Waals surface area contributed by atoms with E-state index in [0.29, 0.717) is 26.1 Å². The first-order chi connectivity index (χ1) is 9.40. The van der Waals surface area contributed by atoms with Crippen molar-refractivity contribution in [2.75, 3.05) is 19.7 Å². The molecule has 3 N–H and O–H groups in total. The van der Waals surface area contributed by atoms with E-state index < -0.39 is 8.07 Å². The molecule has 1 rings (SSSR count). The van der Waals surface area contributed by atoms with Crippen LogP contribution in [0.2, 0.25) is 25.7 Å². The van der Waals surface area contributed by atoms with Crippen molar-refractivity contribution in [3.63, 3.8) is 0 Å². The lowest BCUT2D eigenvalue weighted by atomic mass is 10.3. The van der Waals surface area contributed by atoms with Crippen LogP contribution >= 0.6 is 0 Å². The van der Waals surface area contributed by atoms with Crippen LogP contribution in [0, 0.1) is 0 Å². The summed E-state index contributed by atoms with van der Waals surface area (Å²) in [5.74, 6) is 0. The number of aromatic nitrogens is 2. The van der Waals surface area contributed by atoms with Crippen LogP contribution in [0.3, 0.4) is 0 Å². The molecule has 0 saturated heterocycles. The van der Waals surface area contributed by atoms with Crippen LogP contribution in [0.5, 0.6) is 0 Å². The van der Waals surface area contributed by atoms with Gasteiger partial charge in [0.2, 0.25) is 0 Å². The summed E-state index contributed by atoms with van der Waals surface area (Å²) < 4.78 is 7.09. The summed E-state index contributed by atoms with van der Waals surface area (Å²) in [4.78, 5) is 15.7. The quantitative estimate of drug-likeness (QED) is 0.712. The third kappa shape index (κ3) is 7.30. The van der Waals surface area contributed by atoms with Gasteiger partial charge in [-0.25, -0.2) is 9.78 Å². The molecular weight excluding hydrogens is 272 g/mol. The Morgan fingerprint density at radius 2 is 2.25 bits per heavy atom. The number of ether oxygens (including phenoxy) is 1. The lowest BCUT2D eigenvalue weighted by Gasteiger charge is -2.15. The van der Waals surface area contributed by atoms with E-state index in [1.54, 1.807) is 6.33 Å². The molecule has 7 heteroatoms. The molecule has 0 aliphatic carbocycles. The number of rotatable bonds is 8. The summed E-state index contributed by atoms with van der Waals surface area (Å²) in [6.45, 7) is 9.17. The lowest BCUT2D eigenvalue weighted by molar-refractivity contribution is 0.152. The highest BCUT2D eigenvalue weighted by Crippen LogP contribution is 2.07. The average Bonchev–Trinajstić information content (AvgIpc) is 2.76. The van der Waals surface area contributed by atoms with Crippen molar-refractivity contribution < 1.29 is 9.53 Å². The third-order valence-electron chi connectivity index (χ3n) is 2.81. The number of nitrogens with zero attached hydrogens (tertiary/aromatic N) is 2. The summed E-state index contributed by atoms with van der Waals surface area (Å²) in [6.07, 6.45) is 4.06. The second-order valence-electron chi connectivity index (χ2n) is 6.01. The second kappa shape index (κ2) is 8.06. The monoisotopic (exact) mass is 298 g/mol. The van der Waals surface area contributed by atoms with Gasteiger partial charge >= 0.3 is 6.09 Å². The molecule has 0 aromatic carbocycles. The van der Waals surface area contributed by atoms with E-state index in [9.17, 15) is 4.79 Å². The molecule has 1 heterocycles. The molecule has 0 radical (unpaired) electrons. The second-order valence-corrected chi connectivity index (χ2v) is 11.6. The predicted molar refractivity (Wildman–Crippen MR) is 82.5 cm³/mol. The third-order valence-corrected chi connectivity index (χ3v) is 4.51. The number of hydrogen-bond donors (Lipinski definition) is 2. The van der Waals surface area contributed by atoms with Crippen LogP contribution in [0.4, 0.5) is 4.79 Å². The lowest BCUT2D eigenvalue weighted by Crippen LogP contribution is -2.29. The van der Waals surface area contributed by atoms with Gasteiger partial charge in [0.15, 0.2) is 0 Å². The van der Waals surface area contributed by atoms with Crippen molar-refractivity contribution in [1.82, 2.24) is 14.9 Å². The summed E-state index contributed by atoms with van der Waals surface area (Å²) in [5, 5.41) is 2.74. The Morgan fingerprint density at radius 3 is 2.90 bits per heavy atom. The van der Waals surface area contributed by atoms with Crippen LogP contribution in [-0.2, 0) is 17.7 Å². The number of carbonyl (C=O) groups is 1. The van der Waals surface area contributed by atoms with Gasteiger partial charge in [-0.1, -0.05) is 19.6 Å². The minimum atomic E-state index is -1.14. The fraction of sp³-hybridized carbons (Fsp3) is 0.692. The number of nitrogens with two attached hydrogens (primary N) is 1. The van der Waals surface area contributed by atoms with Crippen LogP contribution in [0.15, 0.2) is 12.5 Å². The highest BCUT2D eigenvalue weighted by Gasteiger charge is 2.13. The van der Waals surface area contributed by atoms with Crippen molar-refractivity contribution in [2.24, 2.45) is 5.73 Å². The average molecular weight is 298 g/mol. The Labute approximate surface area is 121 Å². The maximum absolute atomic E-state index is 11.5. The Bertz CT molecular complexity index is 415. The van der Waals surface area contributed by atoms with Gasteiger partial charge in [0.05, 0.1) is 18.6 Å². The van der Waals surface area contributed by atoms with Crippen molar-refractivity contribution in [2.45, 2.75) is 38.7 Å². The standard InChI is InChI=1S/C13H26N4O2Si/c1-20(2,3)9-8-19-13(18)15-6-4-12-10-17(7-5-14)11-16-12/h10-11H,4-9,14H2,1-3H3,(H,15,18). The molecule has 1 aromatic heterocycles. The molecule has 1 amide bonds. The molecule has 0 aliphatic rings.